The summed E-state index contributed by atoms with van der Waals surface area (Å²) in [6.07, 6.45) is 0. The van der Waals surface area contributed by atoms with Crippen molar-refractivity contribution in [2.24, 2.45) is 0 Å². The van der Waals surface area contributed by atoms with Crippen LogP contribution in [0.1, 0.15) is 34.1 Å². The molecule has 0 radical (unpaired) electrons. The van der Waals surface area contributed by atoms with E-state index in [1.165, 1.54) is 0 Å². The second kappa shape index (κ2) is 11.6. The number of ketones is 1. The van der Waals surface area contributed by atoms with Crippen molar-refractivity contribution >= 4 is 52.2 Å². The van der Waals surface area contributed by atoms with Crippen molar-refractivity contribution in [1.82, 2.24) is 0 Å². The van der Waals surface area contributed by atoms with Crippen LogP contribution in [0.3, 0.4) is 0 Å². The standard InChI is InChI=1S/C29H22Cl4O3/c1-35-21-9-3-17(4-10-21)27(19-7-13-23(30)25(32)15-19)29(34)28(18-5-11-22(36-2)12-6-18)20-8-14-24(31)26(33)16-20/h3-16,27-28H,1-2H3. The number of Topliss-reactive ketones (excluding diaryl/α,β-unsaturated/α-hetero) is 1. The Hall–Kier alpha value is -2.69. The van der Waals surface area contributed by atoms with Crippen LogP contribution >= 0.6 is 46.4 Å². The molecule has 2 unspecified atom stereocenters. The molecular formula is C29H22Cl4O3. The Labute approximate surface area is 230 Å². The summed E-state index contributed by atoms with van der Waals surface area (Å²) in [6.45, 7) is 0. The van der Waals surface area contributed by atoms with Crippen LogP contribution < -0.4 is 9.47 Å². The first kappa shape index (κ1) is 26.4. The molecule has 0 aliphatic carbocycles. The van der Waals surface area contributed by atoms with Gasteiger partial charge in [-0.25, -0.2) is 0 Å². The summed E-state index contributed by atoms with van der Waals surface area (Å²) in [5.74, 6) is 0.0205. The lowest BCUT2D eigenvalue weighted by Crippen LogP contribution is -2.23. The van der Waals surface area contributed by atoms with Gasteiger partial charge in [0.1, 0.15) is 11.5 Å². The minimum Gasteiger partial charge on any atom is -0.497 e. The maximum Gasteiger partial charge on any atom is 0.156 e. The van der Waals surface area contributed by atoms with Crippen molar-refractivity contribution in [3.05, 3.63) is 127 Å². The fraction of sp³-hybridized carbons (Fsp3) is 0.138. The zero-order chi connectivity index (χ0) is 25.8. The van der Waals surface area contributed by atoms with Crippen molar-refractivity contribution in [2.75, 3.05) is 14.2 Å². The van der Waals surface area contributed by atoms with E-state index in [1.54, 1.807) is 38.5 Å². The van der Waals surface area contributed by atoms with Crippen LogP contribution in [0, 0.1) is 0 Å². The number of carbonyl (C=O) groups is 1. The van der Waals surface area contributed by atoms with Gasteiger partial charge in [-0.05, 0) is 70.8 Å². The molecule has 0 spiro atoms. The van der Waals surface area contributed by atoms with Gasteiger partial charge in [-0.15, -0.1) is 0 Å². The Bertz CT molecular complexity index is 1260. The number of methoxy groups -OCH3 is 2. The van der Waals surface area contributed by atoms with E-state index in [0.29, 0.717) is 31.6 Å². The molecular weight excluding hydrogens is 538 g/mol. The molecule has 0 saturated carbocycles. The van der Waals surface area contributed by atoms with Crippen LogP contribution in [0.5, 0.6) is 11.5 Å². The maximum absolute atomic E-state index is 14.5. The largest absolute Gasteiger partial charge is 0.497 e. The molecule has 4 rings (SSSR count). The van der Waals surface area contributed by atoms with Gasteiger partial charge in [0.25, 0.3) is 0 Å². The lowest BCUT2D eigenvalue weighted by molar-refractivity contribution is -0.120. The quantitative estimate of drug-likeness (QED) is 0.216. The van der Waals surface area contributed by atoms with E-state index >= 15 is 0 Å². The average Bonchev–Trinajstić information content (AvgIpc) is 2.89. The van der Waals surface area contributed by atoms with E-state index in [0.717, 1.165) is 22.3 Å². The summed E-state index contributed by atoms with van der Waals surface area (Å²) < 4.78 is 10.6. The van der Waals surface area contributed by atoms with Crippen LogP contribution in [-0.4, -0.2) is 20.0 Å². The van der Waals surface area contributed by atoms with E-state index in [-0.39, 0.29) is 5.78 Å². The van der Waals surface area contributed by atoms with Crippen molar-refractivity contribution < 1.29 is 14.3 Å². The predicted molar refractivity (Wildman–Crippen MR) is 148 cm³/mol. The third-order valence-electron chi connectivity index (χ3n) is 6.02. The molecule has 0 aliphatic rings. The number of ether oxygens (including phenoxy) is 2. The van der Waals surface area contributed by atoms with Crippen molar-refractivity contribution in [3.63, 3.8) is 0 Å². The monoisotopic (exact) mass is 558 g/mol. The molecule has 0 saturated heterocycles. The van der Waals surface area contributed by atoms with Gasteiger partial charge >= 0.3 is 0 Å². The minimum atomic E-state index is -0.646. The molecule has 0 heterocycles. The summed E-state index contributed by atoms with van der Waals surface area (Å²) in [5.41, 5.74) is 3.02. The lowest BCUT2D eigenvalue weighted by atomic mass is 9.77. The number of hydrogen-bond donors (Lipinski definition) is 0. The van der Waals surface area contributed by atoms with Gasteiger partial charge in [0, 0.05) is 0 Å². The van der Waals surface area contributed by atoms with Gasteiger partial charge in [-0.3, -0.25) is 4.79 Å². The van der Waals surface area contributed by atoms with Crippen LogP contribution in [-0.2, 0) is 4.79 Å². The fourth-order valence-electron chi connectivity index (χ4n) is 4.19. The smallest absolute Gasteiger partial charge is 0.156 e. The van der Waals surface area contributed by atoms with Gasteiger partial charge in [0.05, 0.1) is 46.1 Å². The van der Waals surface area contributed by atoms with Gasteiger partial charge in [-0.2, -0.15) is 0 Å². The molecule has 2 atom stereocenters. The molecule has 0 bridgehead atoms. The summed E-state index contributed by atoms with van der Waals surface area (Å²) in [5, 5.41) is 1.57. The Morgan fingerprint density at radius 1 is 0.528 bits per heavy atom. The SMILES string of the molecule is COc1ccc(C(C(=O)C(c2ccc(OC)cc2)c2ccc(Cl)c(Cl)c2)c2ccc(Cl)c(Cl)c2)cc1. The van der Waals surface area contributed by atoms with Crippen LogP contribution in [0.2, 0.25) is 20.1 Å². The highest BCUT2D eigenvalue weighted by molar-refractivity contribution is 6.42. The number of hydrogen-bond acceptors (Lipinski definition) is 3. The first-order valence-corrected chi connectivity index (χ1v) is 12.5. The summed E-state index contributed by atoms with van der Waals surface area (Å²) >= 11 is 25.1. The van der Waals surface area contributed by atoms with Gasteiger partial charge in [-0.1, -0.05) is 82.8 Å². The first-order valence-electron chi connectivity index (χ1n) is 11.0. The average molecular weight is 560 g/mol. The van der Waals surface area contributed by atoms with E-state index in [2.05, 4.69) is 0 Å². The van der Waals surface area contributed by atoms with Crippen LogP contribution in [0.4, 0.5) is 0 Å². The Balaban J connectivity index is 1.90. The van der Waals surface area contributed by atoms with Crippen molar-refractivity contribution in [3.8, 4) is 11.5 Å². The van der Waals surface area contributed by atoms with Gasteiger partial charge in [0.15, 0.2) is 5.78 Å². The molecule has 184 valence electrons. The molecule has 4 aromatic rings. The Kier molecular flexibility index (Phi) is 8.48. The fourth-order valence-corrected chi connectivity index (χ4v) is 4.80. The molecule has 4 aromatic carbocycles. The Morgan fingerprint density at radius 2 is 0.861 bits per heavy atom. The van der Waals surface area contributed by atoms with Gasteiger partial charge in [0.2, 0.25) is 0 Å². The van der Waals surface area contributed by atoms with E-state index in [9.17, 15) is 4.79 Å². The highest BCUT2D eigenvalue weighted by atomic mass is 35.5. The highest BCUT2D eigenvalue weighted by Gasteiger charge is 2.32. The van der Waals surface area contributed by atoms with E-state index in [4.69, 9.17) is 55.9 Å². The summed E-state index contributed by atoms with van der Waals surface area (Å²) in [6, 6.07) is 25.3. The summed E-state index contributed by atoms with van der Waals surface area (Å²) in [4.78, 5) is 14.5. The molecule has 7 heteroatoms. The molecule has 3 nitrogen and oxygen atoms in total. The van der Waals surface area contributed by atoms with E-state index < -0.39 is 11.8 Å². The Morgan fingerprint density at radius 3 is 1.17 bits per heavy atom. The molecule has 0 aliphatic heterocycles. The first-order chi connectivity index (χ1) is 17.3. The second-order valence-corrected chi connectivity index (χ2v) is 9.79. The number of rotatable bonds is 8. The molecule has 0 aromatic heterocycles. The number of benzene rings is 4. The molecule has 36 heavy (non-hydrogen) atoms. The molecule has 0 N–H and O–H groups in total. The summed E-state index contributed by atoms with van der Waals surface area (Å²) in [7, 11) is 3.20. The minimum absolute atomic E-state index is 0.0675. The second-order valence-electron chi connectivity index (χ2n) is 8.16. The van der Waals surface area contributed by atoms with Crippen LogP contribution in [0.25, 0.3) is 0 Å². The topological polar surface area (TPSA) is 35.5 Å². The highest BCUT2D eigenvalue weighted by Crippen LogP contribution is 2.39. The number of carbonyl (C=O) groups excluding carboxylic acids is 1. The predicted octanol–water partition coefficient (Wildman–Crippen LogP) is 8.85. The maximum atomic E-state index is 14.5. The third kappa shape index (κ3) is 5.66. The van der Waals surface area contributed by atoms with Crippen LogP contribution in [0.15, 0.2) is 84.9 Å². The van der Waals surface area contributed by atoms with Gasteiger partial charge < -0.3 is 9.47 Å². The lowest BCUT2D eigenvalue weighted by Gasteiger charge is -2.25. The van der Waals surface area contributed by atoms with E-state index in [1.807, 2.05) is 60.7 Å². The molecule has 0 fully saturated rings. The zero-order valence-corrected chi connectivity index (χ0v) is 22.5. The number of halogens is 4. The normalized spacial score (nSPS) is 12.6. The molecule has 0 amide bonds. The zero-order valence-electron chi connectivity index (χ0n) is 19.5. The third-order valence-corrected chi connectivity index (χ3v) is 7.50. The van der Waals surface area contributed by atoms with Crippen molar-refractivity contribution in [1.29, 1.82) is 0 Å². The van der Waals surface area contributed by atoms with Crippen molar-refractivity contribution in [2.45, 2.75) is 11.8 Å².